The maximum atomic E-state index is 10.8. The van der Waals surface area contributed by atoms with E-state index >= 15 is 0 Å². The Kier molecular flexibility index (Phi) is 2.66. The van der Waals surface area contributed by atoms with Crippen molar-refractivity contribution < 1.29 is 9.90 Å². The lowest BCUT2D eigenvalue weighted by Gasteiger charge is -2.16. The minimum atomic E-state index is -0.851. The zero-order valence-corrected chi connectivity index (χ0v) is 10.8. The van der Waals surface area contributed by atoms with Crippen LogP contribution in [0.15, 0.2) is 6.33 Å². The molecule has 94 valence electrons. The number of thiophene rings is 1. The van der Waals surface area contributed by atoms with Gasteiger partial charge in [-0.15, -0.1) is 11.3 Å². The van der Waals surface area contributed by atoms with Crippen LogP contribution in [0, 0.1) is 0 Å². The largest absolute Gasteiger partial charge is 0.480 e. The molecule has 0 spiro atoms. The number of aliphatic carboxylic acids is 1. The zero-order chi connectivity index (χ0) is 12.7. The molecule has 2 heterocycles. The summed E-state index contributed by atoms with van der Waals surface area (Å²) in [7, 11) is 1.76. The van der Waals surface area contributed by atoms with Crippen molar-refractivity contribution >= 4 is 33.3 Å². The Hall–Kier alpha value is -1.69. The Bertz CT molecular complexity index is 623. The van der Waals surface area contributed by atoms with E-state index in [4.69, 9.17) is 5.11 Å². The maximum absolute atomic E-state index is 10.8. The molecule has 0 saturated heterocycles. The molecule has 1 aliphatic carbocycles. The predicted octanol–water partition coefficient (Wildman–Crippen LogP) is 1.70. The normalized spacial score (nSPS) is 13.8. The molecule has 0 saturated carbocycles. The first kappa shape index (κ1) is 11.4. The van der Waals surface area contributed by atoms with E-state index in [2.05, 4.69) is 9.97 Å². The van der Waals surface area contributed by atoms with Gasteiger partial charge in [-0.1, -0.05) is 0 Å². The summed E-state index contributed by atoms with van der Waals surface area (Å²) in [6.45, 7) is -0.0449. The number of likely N-dealkylation sites (N-methyl/N-ethyl adjacent to an activating group) is 1. The Morgan fingerprint density at radius 2 is 2.33 bits per heavy atom. The predicted molar refractivity (Wildman–Crippen MR) is 70.3 cm³/mol. The molecule has 1 N–H and O–H groups in total. The summed E-state index contributed by atoms with van der Waals surface area (Å²) in [6.07, 6.45) is 4.85. The molecular formula is C12H13N3O2S. The van der Waals surface area contributed by atoms with Gasteiger partial charge in [0, 0.05) is 11.9 Å². The van der Waals surface area contributed by atoms with Crippen molar-refractivity contribution in [3.8, 4) is 0 Å². The van der Waals surface area contributed by atoms with Gasteiger partial charge in [0.15, 0.2) is 0 Å². The van der Waals surface area contributed by atoms with Crippen molar-refractivity contribution in [1.82, 2.24) is 9.97 Å². The molecule has 0 fully saturated rings. The standard InChI is InChI=1S/C12H13N3O2S/c1-15(5-9(16)17)11-10-7-3-2-4-8(7)18-12(10)14-6-13-11/h6H,2-5H2,1H3,(H,16,17). The average molecular weight is 263 g/mol. The van der Waals surface area contributed by atoms with E-state index in [1.807, 2.05) is 0 Å². The first-order valence-electron chi connectivity index (χ1n) is 5.85. The average Bonchev–Trinajstić information content (AvgIpc) is 2.86. The number of nitrogens with zero attached hydrogens (tertiary/aromatic N) is 3. The van der Waals surface area contributed by atoms with Crippen LogP contribution in [0.25, 0.3) is 10.2 Å². The van der Waals surface area contributed by atoms with E-state index in [9.17, 15) is 4.79 Å². The Balaban J connectivity index is 2.14. The number of carbonyl (C=O) groups is 1. The SMILES string of the molecule is CN(CC(=O)O)c1ncnc2sc3c(c12)CCC3. The number of aryl methyl sites for hydroxylation is 2. The van der Waals surface area contributed by atoms with Gasteiger partial charge in [0.25, 0.3) is 0 Å². The highest BCUT2D eigenvalue weighted by Gasteiger charge is 2.22. The number of carboxylic acids is 1. The number of hydrogen-bond acceptors (Lipinski definition) is 5. The molecule has 3 rings (SSSR count). The summed E-state index contributed by atoms with van der Waals surface area (Å²) in [4.78, 5) is 23.4. The quantitative estimate of drug-likeness (QED) is 0.913. The molecule has 0 aliphatic heterocycles. The molecule has 0 radical (unpaired) electrons. The minimum absolute atomic E-state index is 0.0449. The van der Waals surface area contributed by atoms with Gasteiger partial charge in [0.2, 0.25) is 0 Å². The molecule has 0 bridgehead atoms. The maximum Gasteiger partial charge on any atom is 0.323 e. The van der Waals surface area contributed by atoms with E-state index in [1.54, 1.807) is 23.3 Å². The van der Waals surface area contributed by atoms with Crippen molar-refractivity contribution in [2.24, 2.45) is 0 Å². The van der Waals surface area contributed by atoms with E-state index in [-0.39, 0.29) is 6.54 Å². The van der Waals surface area contributed by atoms with Gasteiger partial charge in [0.1, 0.15) is 23.5 Å². The van der Waals surface area contributed by atoms with Crippen LogP contribution in [-0.4, -0.2) is 34.6 Å². The van der Waals surface area contributed by atoms with Gasteiger partial charge in [-0.3, -0.25) is 4.79 Å². The summed E-state index contributed by atoms with van der Waals surface area (Å²) in [5.41, 5.74) is 1.32. The van der Waals surface area contributed by atoms with Crippen LogP contribution >= 0.6 is 11.3 Å². The molecule has 2 aromatic heterocycles. The molecule has 6 heteroatoms. The number of fused-ring (bicyclic) bond motifs is 3. The molecule has 0 aromatic carbocycles. The number of carboxylic acid groups (broad SMARTS) is 1. The van der Waals surface area contributed by atoms with E-state index in [0.717, 1.165) is 28.9 Å². The lowest BCUT2D eigenvalue weighted by Crippen LogP contribution is -2.26. The van der Waals surface area contributed by atoms with Crippen molar-refractivity contribution in [2.75, 3.05) is 18.5 Å². The van der Waals surface area contributed by atoms with Gasteiger partial charge in [-0.25, -0.2) is 9.97 Å². The van der Waals surface area contributed by atoms with Crippen LogP contribution in [0.3, 0.4) is 0 Å². The van der Waals surface area contributed by atoms with Crippen molar-refractivity contribution in [2.45, 2.75) is 19.3 Å². The summed E-state index contributed by atoms with van der Waals surface area (Å²) in [5.74, 6) is -0.113. The smallest absolute Gasteiger partial charge is 0.323 e. The second-order valence-electron chi connectivity index (χ2n) is 4.48. The van der Waals surface area contributed by atoms with E-state index in [1.165, 1.54) is 23.2 Å². The van der Waals surface area contributed by atoms with E-state index < -0.39 is 5.97 Å². The summed E-state index contributed by atoms with van der Waals surface area (Å²) in [5, 5.41) is 9.93. The Morgan fingerprint density at radius 1 is 1.50 bits per heavy atom. The highest BCUT2D eigenvalue weighted by Crippen LogP contribution is 2.39. The molecule has 0 amide bonds. The molecule has 0 unspecified atom stereocenters. The molecule has 18 heavy (non-hydrogen) atoms. The number of rotatable bonds is 3. The molecule has 0 atom stereocenters. The third-order valence-electron chi connectivity index (χ3n) is 3.22. The summed E-state index contributed by atoms with van der Waals surface area (Å²) in [6, 6.07) is 0. The second kappa shape index (κ2) is 4.20. The highest BCUT2D eigenvalue weighted by atomic mass is 32.1. The van der Waals surface area contributed by atoms with Gasteiger partial charge in [0.05, 0.1) is 5.39 Å². The Morgan fingerprint density at radius 3 is 3.11 bits per heavy atom. The highest BCUT2D eigenvalue weighted by molar-refractivity contribution is 7.19. The van der Waals surface area contributed by atoms with E-state index in [0.29, 0.717) is 0 Å². The summed E-state index contributed by atoms with van der Waals surface area (Å²) < 4.78 is 0. The van der Waals surface area contributed by atoms with Crippen LogP contribution < -0.4 is 4.90 Å². The van der Waals surface area contributed by atoms with Gasteiger partial charge < -0.3 is 10.0 Å². The van der Waals surface area contributed by atoms with Crippen LogP contribution in [0.4, 0.5) is 5.82 Å². The third kappa shape index (κ3) is 1.73. The lowest BCUT2D eigenvalue weighted by atomic mass is 10.2. The Labute approximate surface area is 108 Å². The van der Waals surface area contributed by atoms with Crippen LogP contribution in [0.1, 0.15) is 16.9 Å². The molecule has 2 aromatic rings. The fraction of sp³-hybridized carbons (Fsp3) is 0.417. The van der Waals surface area contributed by atoms with Crippen molar-refractivity contribution in [3.63, 3.8) is 0 Å². The lowest BCUT2D eigenvalue weighted by molar-refractivity contribution is -0.135. The first-order chi connectivity index (χ1) is 8.66. The van der Waals surface area contributed by atoms with Crippen molar-refractivity contribution in [1.29, 1.82) is 0 Å². The van der Waals surface area contributed by atoms with Gasteiger partial charge in [-0.2, -0.15) is 0 Å². The summed E-state index contributed by atoms with van der Waals surface area (Å²) >= 11 is 1.71. The first-order valence-corrected chi connectivity index (χ1v) is 6.66. The van der Waals surface area contributed by atoms with Crippen molar-refractivity contribution in [3.05, 3.63) is 16.8 Å². The molecule has 5 nitrogen and oxygen atoms in total. The van der Waals surface area contributed by atoms with Crippen LogP contribution in [0.5, 0.6) is 0 Å². The number of aromatic nitrogens is 2. The molecule has 1 aliphatic rings. The zero-order valence-electron chi connectivity index (χ0n) is 10.0. The minimum Gasteiger partial charge on any atom is -0.480 e. The van der Waals surface area contributed by atoms with Gasteiger partial charge >= 0.3 is 5.97 Å². The fourth-order valence-corrected chi connectivity index (χ4v) is 3.70. The third-order valence-corrected chi connectivity index (χ3v) is 4.42. The van der Waals surface area contributed by atoms with Crippen LogP contribution in [-0.2, 0) is 17.6 Å². The second-order valence-corrected chi connectivity index (χ2v) is 5.57. The monoisotopic (exact) mass is 263 g/mol. The number of hydrogen-bond donors (Lipinski definition) is 1. The fourth-order valence-electron chi connectivity index (χ4n) is 2.48. The molecular weight excluding hydrogens is 250 g/mol. The van der Waals surface area contributed by atoms with Gasteiger partial charge in [-0.05, 0) is 24.8 Å². The topological polar surface area (TPSA) is 66.3 Å². The van der Waals surface area contributed by atoms with Crippen LogP contribution in [0.2, 0.25) is 0 Å². The number of anilines is 1.